The first kappa shape index (κ1) is 13.2. The maximum Gasteiger partial charge on any atom is 0.264 e. The number of nitrogens with zero attached hydrogens (tertiary/aromatic N) is 2. The lowest BCUT2D eigenvalue weighted by Gasteiger charge is -2.28. The molecule has 0 saturated heterocycles. The number of hydrogen-bond donors (Lipinski definition) is 1. The first-order valence-corrected chi connectivity index (χ1v) is 6.89. The summed E-state index contributed by atoms with van der Waals surface area (Å²) in [4.78, 5) is 17.2. The van der Waals surface area contributed by atoms with Gasteiger partial charge in [0.2, 0.25) is 0 Å². The van der Waals surface area contributed by atoms with Gasteiger partial charge < -0.3 is 9.88 Å². The van der Waals surface area contributed by atoms with E-state index in [1.165, 1.54) is 5.56 Å². The van der Waals surface area contributed by atoms with Gasteiger partial charge in [0.25, 0.3) is 5.91 Å². The van der Waals surface area contributed by atoms with Crippen LogP contribution < -0.4 is 0 Å². The smallest absolute Gasteiger partial charge is 0.264 e. The van der Waals surface area contributed by atoms with Crippen molar-refractivity contribution in [3.05, 3.63) is 65.0 Å². The standard InChI is InChI=1S/C17H15N3O/c18-11-15(10-16-6-3-8-19-16)17(21)20-9-7-13-4-1-2-5-14(13)12-20/h1-6,8,10,19H,7,9,12H2/b15-10+. The fourth-order valence-electron chi connectivity index (χ4n) is 2.57. The average molecular weight is 277 g/mol. The summed E-state index contributed by atoms with van der Waals surface area (Å²) in [5.74, 6) is -0.207. The van der Waals surface area contributed by atoms with Crippen LogP contribution in [0.25, 0.3) is 6.08 Å². The number of amides is 1. The van der Waals surface area contributed by atoms with Crippen LogP contribution in [-0.4, -0.2) is 22.3 Å². The summed E-state index contributed by atoms with van der Waals surface area (Å²) in [5.41, 5.74) is 3.37. The van der Waals surface area contributed by atoms with Crippen LogP contribution in [0.15, 0.2) is 48.2 Å². The summed E-state index contributed by atoms with van der Waals surface area (Å²) in [6.07, 6.45) is 4.20. The van der Waals surface area contributed by atoms with Gasteiger partial charge in [0.1, 0.15) is 11.6 Å². The molecule has 1 aliphatic heterocycles. The normalized spacial score (nSPS) is 14.4. The highest BCUT2D eigenvalue weighted by molar-refractivity contribution is 6.01. The van der Waals surface area contributed by atoms with E-state index in [9.17, 15) is 10.1 Å². The fraction of sp³-hybridized carbons (Fsp3) is 0.176. The quantitative estimate of drug-likeness (QED) is 0.677. The van der Waals surface area contributed by atoms with Gasteiger partial charge in [-0.3, -0.25) is 4.79 Å². The summed E-state index contributed by atoms with van der Waals surface area (Å²) in [6.45, 7) is 1.22. The maximum atomic E-state index is 12.5. The van der Waals surface area contributed by atoms with E-state index in [1.54, 1.807) is 17.2 Å². The van der Waals surface area contributed by atoms with Gasteiger partial charge in [-0.15, -0.1) is 0 Å². The zero-order valence-corrected chi connectivity index (χ0v) is 11.5. The topological polar surface area (TPSA) is 59.9 Å². The van der Waals surface area contributed by atoms with Crippen molar-refractivity contribution < 1.29 is 4.79 Å². The molecule has 1 aromatic carbocycles. The Morgan fingerprint density at radius 1 is 1.24 bits per heavy atom. The Morgan fingerprint density at radius 2 is 2.05 bits per heavy atom. The number of carbonyl (C=O) groups excluding carboxylic acids is 1. The Hall–Kier alpha value is -2.80. The molecule has 0 fully saturated rings. The molecule has 4 nitrogen and oxygen atoms in total. The predicted octanol–water partition coefficient (Wildman–Crippen LogP) is 2.51. The zero-order valence-electron chi connectivity index (χ0n) is 11.5. The molecule has 0 spiro atoms. The monoisotopic (exact) mass is 277 g/mol. The second kappa shape index (κ2) is 5.68. The molecule has 1 aliphatic rings. The van der Waals surface area contributed by atoms with Crippen LogP contribution >= 0.6 is 0 Å². The molecule has 21 heavy (non-hydrogen) atoms. The number of rotatable bonds is 2. The van der Waals surface area contributed by atoms with Crippen molar-refractivity contribution in [3.8, 4) is 6.07 Å². The van der Waals surface area contributed by atoms with Gasteiger partial charge in [-0.05, 0) is 35.8 Å². The van der Waals surface area contributed by atoms with E-state index in [0.29, 0.717) is 13.1 Å². The van der Waals surface area contributed by atoms with Gasteiger partial charge in [0.15, 0.2) is 0 Å². The third-order valence-electron chi connectivity index (χ3n) is 3.69. The van der Waals surface area contributed by atoms with Gasteiger partial charge in [0.05, 0.1) is 0 Å². The third-order valence-corrected chi connectivity index (χ3v) is 3.69. The maximum absolute atomic E-state index is 12.5. The largest absolute Gasteiger partial charge is 0.362 e. The SMILES string of the molecule is N#C/C(=C\c1ccc[nH]1)C(=O)N1CCc2ccccc2C1. The Bertz CT molecular complexity index is 723. The Morgan fingerprint density at radius 3 is 2.76 bits per heavy atom. The van der Waals surface area contributed by atoms with Gasteiger partial charge in [-0.25, -0.2) is 0 Å². The zero-order chi connectivity index (χ0) is 14.7. The Kier molecular flexibility index (Phi) is 3.57. The van der Waals surface area contributed by atoms with Crippen LogP contribution in [0, 0.1) is 11.3 Å². The van der Waals surface area contributed by atoms with E-state index < -0.39 is 0 Å². The number of hydrogen-bond acceptors (Lipinski definition) is 2. The molecule has 2 heterocycles. The number of nitrogens with one attached hydrogen (secondary N) is 1. The van der Waals surface area contributed by atoms with Gasteiger partial charge >= 0.3 is 0 Å². The number of benzene rings is 1. The molecule has 104 valence electrons. The number of nitriles is 1. The molecule has 0 aliphatic carbocycles. The van der Waals surface area contributed by atoms with Crippen LogP contribution in [0.1, 0.15) is 16.8 Å². The lowest BCUT2D eigenvalue weighted by molar-refractivity contribution is -0.127. The third kappa shape index (κ3) is 2.72. The van der Waals surface area contributed by atoms with E-state index in [2.05, 4.69) is 11.1 Å². The van der Waals surface area contributed by atoms with Gasteiger partial charge in [-0.1, -0.05) is 24.3 Å². The predicted molar refractivity (Wildman–Crippen MR) is 79.9 cm³/mol. The highest BCUT2D eigenvalue weighted by Gasteiger charge is 2.23. The summed E-state index contributed by atoms with van der Waals surface area (Å²) in [7, 11) is 0. The van der Waals surface area contributed by atoms with Gasteiger partial charge in [-0.2, -0.15) is 5.26 Å². The molecule has 1 amide bonds. The minimum atomic E-state index is -0.207. The van der Waals surface area contributed by atoms with Crippen molar-refractivity contribution in [2.45, 2.75) is 13.0 Å². The van der Waals surface area contributed by atoms with Crippen molar-refractivity contribution in [1.29, 1.82) is 5.26 Å². The average Bonchev–Trinajstić information content (AvgIpc) is 3.04. The molecule has 1 aromatic heterocycles. The Labute approximate surface area is 123 Å². The molecule has 0 bridgehead atoms. The fourth-order valence-corrected chi connectivity index (χ4v) is 2.57. The van der Waals surface area contributed by atoms with Crippen molar-refractivity contribution in [1.82, 2.24) is 9.88 Å². The number of aromatic nitrogens is 1. The summed E-state index contributed by atoms with van der Waals surface area (Å²) < 4.78 is 0. The summed E-state index contributed by atoms with van der Waals surface area (Å²) in [6, 6.07) is 13.8. The van der Waals surface area contributed by atoms with Crippen LogP contribution in [0.4, 0.5) is 0 Å². The van der Waals surface area contributed by atoms with Crippen LogP contribution in [-0.2, 0) is 17.8 Å². The van der Waals surface area contributed by atoms with E-state index >= 15 is 0 Å². The molecule has 0 saturated carbocycles. The summed E-state index contributed by atoms with van der Waals surface area (Å²) >= 11 is 0. The van der Waals surface area contributed by atoms with E-state index in [-0.39, 0.29) is 11.5 Å². The second-order valence-electron chi connectivity index (χ2n) is 5.04. The van der Waals surface area contributed by atoms with Crippen LogP contribution in [0.3, 0.4) is 0 Å². The number of H-pyrrole nitrogens is 1. The molecule has 1 N–H and O–H groups in total. The molecule has 2 aromatic rings. The first-order chi connectivity index (χ1) is 10.3. The second-order valence-corrected chi connectivity index (χ2v) is 5.04. The lowest BCUT2D eigenvalue weighted by atomic mass is 9.99. The molecule has 3 rings (SSSR count). The van der Waals surface area contributed by atoms with Crippen LogP contribution in [0.5, 0.6) is 0 Å². The highest BCUT2D eigenvalue weighted by atomic mass is 16.2. The molecular weight excluding hydrogens is 262 g/mol. The minimum absolute atomic E-state index is 0.164. The number of aromatic amines is 1. The van der Waals surface area contributed by atoms with E-state index in [0.717, 1.165) is 17.7 Å². The molecular formula is C17H15N3O. The number of fused-ring (bicyclic) bond motifs is 1. The summed E-state index contributed by atoms with van der Waals surface area (Å²) in [5, 5.41) is 9.24. The van der Waals surface area contributed by atoms with E-state index in [1.807, 2.05) is 36.4 Å². The highest BCUT2D eigenvalue weighted by Crippen LogP contribution is 2.20. The minimum Gasteiger partial charge on any atom is -0.362 e. The molecule has 0 atom stereocenters. The Balaban J connectivity index is 1.81. The van der Waals surface area contributed by atoms with Crippen molar-refractivity contribution >= 4 is 12.0 Å². The molecule has 0 unspecified atom stereocenters. The molecule has 0 radical (unpaired) electrons. The molecule has 4 heteroatoms. The lowest BCUT2D eigenvalue weighted by Crippen LogP contribution is -2.36. The van der Waals surface area contributed by atoms with Gasteiger partial charge in [0, 0.05) is 25.0 Å². The number of carbonyl (C=O) groups is 1. The van der Waals surface area contributed by atoms with Crippen LogP contribution in [0.2, 0.25) is 0 Å². The van der Waals surface area contributed by atoms with Crippen molar-refractivity contribution in [3.63, 3.8) is 0 Å². The van der Waals surface area contributed by atoms with Crippen molar-refractivity contribution in [2.75, 3.05) is 6.54 Å². The van der Waals surface area contributed by atoms with Crippen molar-refractivity contribution in [2.24, 2.45) is 0 Å². The first-order valence-electron chi connectivity index (χ1n) is 6.89. The van der Waals surface area contributed by atoms with E-state index in [4.69, 9.17) is 0 Å².